The second-order valence-corrected chi connectivity index (χ2v) is 3.83. The number of hydrogen-bond donors (Lipinski definition) is 1. The lowest BCUT2D eigenvalue weighted by Crippen LogP contribution is -2.19. The van der Waals surface area contributed by atoms with Gasteiger partial charge in [-0.25, -0.2) is 4.39 Å². The minimum Gasteiger partial charge on any atom is -0.326 e. The van der Waals surface area contributed by atoms with E-state index < -0.39 is 0 Å². The van der Waals surface area contributed by atoms with E-state index in [-0.39, 0.29) is 11.7 Å². The van der Waals surface area contributed by atoms with E-state index in [4.69, 9.17) is 0 Å². The Morgan fingerprint density at radius 2 is 2.15 bits per heavy atom. The molecule has 0 atom stereocenters. The maximum absolute atomic E-state index is 13.0. The van der Waals surface area contributed by atoms with Crippen molar-refractivity contribution in [1.29, 1.82) is 0 Å². The number of amides is 1. The molecule has 4 heteroatoms. The fourth-order valence-corrected chi connectivity index (χ4v) is 1.72. The van der Waals surface area contributed by atoms with Crippen LogP contribution in [0.2, 0.25) is 0 Å². The zero-order valence-electron chi connectivity index (χ0n) is 6.73. The first kappa shape index (κ1) is 8.69. The molecule has 0 unspecified atom stereocenters. The van der Waals surface area contributed by atoms with Crippen LogP contribution in [0.1, 0.15) is 12.0 Å². The van der Waals surface area contributed by atoms with Crippen molar-refractivity contribution in [3.05, 3.63) is 28.0 Å². The summed E-state index contributed by atoms with van der Waals surface area (Å²) in [6.45, 7) is 0. The van der Waals surface area contributed by atoms with Gasteiger partial charge in [0.1, 0.15) is 5.82 Å². The molecular formula is C9H7BrFNO. The van der Waals surface area contributed by atoms with E-state index >= 15 is 0 Å². The second-order valence-electron chi connectivity index (χ2n) is 2.97. The molecule has 1 heterocycles. The molecule has 1 amide bonds. The summed E-state index contributed by atoms with van der Waals surface area (Å²) in [7, 11) is 0. The summed E-state index contributed by atoms with van der Waals surface area (Å²) < 4.78 is 13.4. The molecule has 0 fully saturated rings. The maximum atomic E-state index is 13.0. The molecule has 0 radical (unpaired) electrons. The highest BCUT2D eigenvalue weighted by Gasteiger charge is 2.16. The van der Waals surface area contributed by atoms with E-state index in [9.17, 15) is 9.18 Å². The lowest BCUT2D eigenvalue weighted by molar-refractivity contribution is -0.116. The minimum atomic E-state index is -0.283. The highest BCUT2D eigenvalue weighted by molar-refractivity contribution is 9.10. The third-order valence-electron chi connectivity index (χ3n) is 2.04. The maximum Gasteiger partial charge on any atom is 0.224 e. The highest BCUT2D eigenvalue weighted by Crippen LogP contribution is 2.28. The van der Waals surface area contributed by atoms with Gasteiger partial charge in [0.2, 0.25) is 5.91 Å². The summed E-state index contributed by atoms with van der Waals surface area (Å²) in [4.78, 5) is 11.0. The van der Waals surface area contributed by atoms with Gasteiger partial charge in [-0.05, 0) is 40.0 Å². The standard InChI is InChI=1S/C9H7BrFNO/c10-6-4-8-5(3-7(6)11)1-2-9(13)12-8/h3-4H,1-2H2,(H,12,13). The minimum absolute atomic E-state index is 0.00833. The fourth-order valence-electron chi connectivity index (χ4n) is 1.37. The lowest BCUT2D eigenvalue weighted by Gasteiger charge is -2.16. The Morgan fingerprint density at radius 3 is 2.92 bits per heavy atom. The molecule has 2 rings (SSSR count). The third kappa shape index (κ3) is 1.58. The van der Waals surface area contributed by atoms with E-state index in [2.05, 4.69) is 21.2 Å². The first-order chi connectivity index (χ1) is 6.16. The average molecular weight is 244 g/mol. The molecular weight excluding hydrogens is 237 g/mol. The Morgan fingerprint density at radius 1 is 1.38 bits per heavy atom. The Bertz CT molecular complexity index is 378. The molecule has 0 spiro atoms. The number of aryl methyl sites for hydroxylation is 1. The van der Waals surface area contributed by atoms with Gasteiger partial charge in [-0.3, -0.25) is 4.79 Å². The number of fused-ring (bicyclic) bond motifs is 1. The summed E-state index contributed by atoms with van der Waals surface area (Å²) in [6, 6.07) is 3.06. The van der Waals surface area contributed by atoms with Gasteiger partial charge >= 0.3 is 0 Å². The van der Waals surface area contributed by atoms with Crippen LogP contribution in [-0.4, -0.2) is 5.91 Å². The molecule has 2 nitrogen and oxygen atoms in total. The monoisotopic (exact) mass is 243 g/mol. The predicted molar refractivity (Wildman–Crippen MR) is 51.1 cm³/mol. The molecule has 1 N–H and O–H groups in total. The largest absolute Gasteiger partial charge is 0.326 e. The normalized spacial score (nSPS) is 15.1. The summed E-state index contributed by atoms with van der Waals surface area (Å²) in [5.41, 5.74) is 1.57. The van der Waals surface area contributed by atoms with Crippen LogP contribution in [0.4, 0.5) is 10.1 Å². The van der Waals surface area contributed by atoms with Crippen LogP contribution >= 0.6 is 15.9 Å². The fraction of sp³-hybridized carbons (Fsp3) is 0.222. The summed E-state index contributed by atoms with van der Waals surface area (Å²) in [6.07, 6.45) is 1.05. The van der Waals surface area contributed by atoms with Crippen molar-refractivity contribution < 1.29 is 9.18 Å². The van der Waals surface area contributed by atoms with Gasteiger partial charge in [0.05, 0.1) is 4.47 Å². The number of carbonyl (C=O) groups is 1. The highest BCUT2D eigenvalue weighted by atomic mass is 79.9. The molecule has 13 heavy (non-hydrogen) atoms. The molecule has 0 bridgehead atoms. The van der Waals surface area contributed by atoms with Crippen molar-refractivity contribution in [1.82, 2.24) is 0 Å². The quantitative estimate of drug-likeness (QED) is 0.746. The Hall–Kier alpha value is -0.900. The summed E-state index contributed by atoms with van der Waals surface area (Å²) in [5, 5.41) is 2.69. The van der Waals surface area contributed by atoms with Gasteiger partial charge in [0.25, 0.3) is 0 Å². The van der Waals surface area contributed by atoms with E-state index in [1.54, 1.807) is 6.07 Å². The van der Waals surface area contributed by atoms with Crippen molar-refractivity contribution in [2.75, 3.05) is 5.32 Å². The number of benzene rings is 1. The van der Waals surface area contributed by atoms with Gasteiger partial charge in [-0.1, -0.05) is 0 Å². The van der Waals surface area contributed by atoms with E-state index in [0.717, 1.165) is 5.56 Å². The average Bonchev–Trinajstić information content (AvgIpc) is 2.08. The van der Waals surface area contributed by atoms with Gasteiger partial charge in [-0.2, -0.15) is 0 Å². The third-order valence-corrected chi connectivity index (χ3v) is 2.65. The van der Waals surface area contributed by atoms with Crippen molar-refractivity contribution >= 4 is 27.5 Å². The number of hydrogen-bond acceptors (Lipinski definition) is 1. The van der Waals surface area contributed by atoms with Gasteiger partial charge in [-0.15, -0.1) is 0 Å². The zero-order chi connectivity index (χ0) is 9.42. The topological polar surface area (TPSA) is 29.1 Å². The Kier molecular flexibility index (Phi) is 2.07. The predicted octanol–water partition coefficient (Wildman–Crippen LogP) is 2.47. The van der Waals surface area contributed by atoms with Crippen LogP contribution in [0.25, 0.3) is 0 Å². The number of anilines is 1. The number of carbonyl (C=O) groups excluding carboxylic acids is 1. The molecule has 1 aliphatic heterocycles. The van der Waals surface area contributed by atoms with E-state index in [1.807, 2.05) is 0 Å². The van der Waals surface area contributed by atoms with Crippen molar-refractivity contribution in [2.45, 2.75) is 12.8 Å². The molecule has 1 aromatic carbocycles. The SMILES string of the molecule is O=C1CCc2cc(F)c(Br)cc2N1. The number of halogens is 2. The van der Waals surface area contributed by atoms with Crippen LogP contribution in [0.15, 0.2) is 16.6 Å². The summed E-state index contributed by atoms with van der Waals surface area (Å²) in [5.74, 6) is -0.291. The lowest BCUT2D eigenvalue weighted by atomic mass is 10.0. The van der Waals surface area contributed by atoms with Gasteiger partial charge in [0.15, 0.2) is 0 Å². The van der Waals surface area contributed by atoms with Gasteiger partial charge in [0, 0.05) is 12.1 Å². The first-order valence-corrected chi connectivity index (χ1v) is 4.74. The van der Waals surface area contributed by atoms with Gasteiger partial charge < -0.3 is 5.32 Å². The molecule has 1 aliphatic rings. The smallest absolute Gasteiger partial charge is 0.224 e. The van der Waals surface area contributed by atoms with E-state index in [1.165, 1.54) is 6.07 Å². The Balaban J connectivity index is 2.49. The van der Waals surface area contributed by atoms with Crippen LogP contribution in [0.5, 0.6) is 0 Å². The van der Waals surface area contributed by atoms with Crippen molar-refractivity contribution in [3.63, 3.8) is 0 Å². The zero-order valence-corrected chi connectivity index (χ0v) is 8.32. The van der Waals surface area contributed by atoms with Crippen LogP contribution in [-0.2, 0) is 11.2 Å². The first-order valence-electron chi connectivity index (χ1n) is 3.94. The molecule has 1 aromatic rings. The van der Waals surface area contributed by atoms with Crippen molar-refractivity contribution in [3.8, 4) is 0 Å². The summed E-state index contributed by atoms with van der Waals surface area (Å²) >= 11 is 3.07. The molecule has 0 aromatic heterocycles. The van der Waals surface area contributed by atoms with E-state index in [0.29, 0.717) is 23.0 Å². The molecule has 0 saturated heterocycles. The molecule has 0 saturated carbocycles. The number of nitrogens with one attached hydrogen (secondary N) is 1. The van der Waals surface area contributed by atoms with Crippen LogP contribution in [0.3, 0.4) is 0 Å². The molecule has 68 valence electrons. The number of rotatable bonds is 0. The molecule has 0 aliphatic carbocycles. The van der Waals surface area contributed by atoms with Crippen LogP contribution in [0, 0.1) is 5.82 Å². The van der Waals surface area contributed by atoms with Crippen LogP contribution < -0.4 is 5.32 Å². The Labute approximate surface area is 83.3 Å². The second kappa shape index (κ2) is 3.10. The van der Waals surface area contributed by atoms with Crippen molar-refractivity contribution in [2.24, 2.45) is 0 Å².